The highest BCUT2D eigenvalue weighted by molar-refractivity contribution is 7.09. The van der Waals surface area contributed by atoms with Gasteiger partial charge in [0.2, 0.25) is 5.91 Å². The van der Waals surface area contributed by atoms with Gasteiger partial charge in [-0.05, 0) is 50.9 Å². The molecule has 5 N–H and O–H groups in total. The van der Waals surface area contributed by atoms with Gasteiger partial charge in [-0.3, -0.25) is 14.4 Å². The van der Waals surface area contributed by atoms with Gasteiger partial charge in [0.05, 0.1) is 18.5 Å². The number of anilines is 1. The van der Waals surface area contributed by atoms with E-state index >= 15 is 0 Å². The highest BCUT2D eigenvalue weighted by atomic mass is 32.1. The van der Waals surface area contributed by atoms with Crippen LogP contribution in [-0.2, 0) is 11.3 Å². The molecule has 2 aromatic heterocycles. The number of nitrogen functional groups attached to an aromatic ring is 1. The molecule has 0 bridgehead atoms. The average Bonchev–Trinajstić information content (AvgIpc) is 3.28. The lowest BCUT2D eigenvalue weighted by atomic mass is 10.0. The molecule has 2 aromatic rings. The topological polar surface area (TPSA) is 145 Å². The van der Waals surface area contributed by atoms with Gasteiger partial charge in [-0.1, -0.05) is 19.8 Å². The van der Waals surface area contributed by atoms with Crippen LogP contribution in [0, 0.1) is 0 Å². The van der Waals surface area contributed by atoms with Crippen LogP contribution in [0.4, 0.5) is 5.69 Å². The molecule has 164 valence electrons. The summed E-state index contributed by atoms with van der Waals surface area (Å²) in [7, 11) is 0. The van der Waals surface area contributed by atoms with Crippen LogP contribution in [0.5, 0.6) is 0 Å². The number of hydrogen-bond acceptors (Lipinski definition) is 7. The first kappa shape index (κ1) is 23.4. The molecule has 10 heteroatoms. The number of nitrogens with two attached hydrogens (primary N) is 2. The zero-order chi connectivity index (χ0) is 22.5. The maximum atomic E-state index is 13.4. The molecule has 1 atom stereocenters. The largest absolute Gasteiger partial charge is 0.467 e. The minimum Gasteiger partial charge on any atom is -0.467 e. The monoisotopic (exact) mass is 435 g/mol. The molecule has 0 aliphatic carbocycles. The van der Waals surface area contributed by atoms with Crippen LogP contribution >= 0.6 is 11.5 Å². The second-order valence-electron chi connectivity index (χ2n) is 8.05. The maximum Gasteiger partial charge on any atom is 0.270 e. The zero-order valence-corrected chi connectivity index (χ0v) is 18.5. The Kier molecular flexibility index (Phi) is 7.60. The van der Waals surface area contributed by atoms with Crippen LogP contribution in [0.1, 0.15) is 72.9 Å². The second kappa shape index (κ2) is 9.75. The summed E-state index contributed by atoms with van der Waals surface area (Å²) < 4.78 is 9.33. The van der Waals surface area contributed by atoms with Crippen molar-refractivity contribution >= 4 is 34.9 Å². The number of carbonyl (C=O) groups is 3. The van der Waals surface area contributed by atoms with Crippen molar-refractivity contribution in [1.82, 2.24) is 14.6 Å². The van der Waals surface area contributed by atoms with Crippen LogP contribution in [0.2, 0.25) is 0 Å². The molecule has 2 rings (SSSR count). The molecule has 0 unspecified atom stereocenters. The number of nitrogens with zero attached hydrogens (tertiary/aromatic N) is 2. The SMILES string of the molecule is CCCC[C@H](C(=O)NC(C)(C)C)N(Cc1ccco1)C(=O)c1snc(C(N)=O)c1N. The summed E-state index contributed by atoms with van der Waals surface area (Å²) >= 11 is 0.790. The van der Waals surface area contributed by atoms with E-state index in [1.807, 2.05) is 27.7 Å². The third kappa shape index (κ3) is 5.82. The van der Waals surface area contributed by atoms with E-state index in [4.69, 9.17) is 15.9 Å². The molecule has 2 heterocycles. The smallest absolute Gasteiger partial charge is 0.270 e. The summed E-state index contributed by atoms with van der Waals surface area (Å²) in [5, 5.41) is 2.95. The minimum atomic E-state index is -0.812. The molecule has 0 aromatic carbocycles. The molecule has 0 aliphatic heterocycles. The minimum absolute atomic E-state index is 0.0698. The van der Waals surface area contributed by atoms with E-state index < -0.39 is 23.4 Å². The molecule has 0 saturated heterocycles. The normalized spacial score (nSPS) is 12.4. The highest BCUT2D eigenvalue weighted by Gasteiger charge is 2.35. The Morgan fingerprint density at radius 3 is 2.53 bits per heavy atom. The van der Waals surface area contributed by atoms with Crippen LogP contribution < -0.4 is 16.8 Å². The van der Waals surface area contributed by atoms with Gasteiger partial charge in [0.25, 0.3) is 11.8 Å². The molecule has 0 saturated carbocycles. The lowest BCUT2D eigenvalue weighted by molar-refractivity contribution is -0.127. The Morgan fingerprint density at radius 2 is 2.03 bits per heavy atom. The Morgan fingerprint density at radius 1 is 1.33 bits per heavy atom. The van der Waals surface area contributed by atoms with Gasteiger partial charge in [0.15, 0.2) is 5.69 Å². The fourth-order valence-corrected chi connectivity index (χ4v) is 3.69. The third-order valence-corrected chi connectivity index (χ3v) is 5.18. The highest BCUT2D eigenvalue weighted by Crippen LogP contribution is 2.26. The number of amides is 3. The fourth-order valence-electron chi connectivity index (χ4n) is 2.93. The predicted octanol–water partition coefficient (Wildman–Crippen LogP) is 2.53. The number of carbonyl (C=O) groups excluding carboxylic acids is 3. The Bertz CT molecular complexity index is 886. The standard InChI is InChI=1S/C20H29N5O4S/c1-5-6-9-13(18(27)23-20(2,3)4)25(11-12-8-7-10-29-12)19(28)16-14(21)15(17(22)26)24-30-16/h7-8,10,13H,5-6,9,11,21H2,1-4H3,(H2,22,26)(H,23,27)/t13-/m1/s1. The Labute approximate surface area is 180 Å². The van der Waals surface area contributed by atoms with Gasteiger partial charge in [0, 0.05) is 5.54 Å². The van der Waals surface area contributed by atoms with Gasteiger partial charge >= 0.3 is 0 Å². The van der Waals surface area contributed by atoms with Gasteiger partial charge in [-0.25, -0.2) is 0 Å². The summed E-state index contributed by atoms with van der Waals surface area (Å²) in [5.41, 5.74) is 10.6. The number of nitrogens with one attached hydrogen (secondary N) is 1. The van der Waals surface area contributed by atoms with Crippen molar-refractivity contribution in [3.63, 3.8) is 0 Å². The Hall–Kier alpha value is -2.88. The van der Waals surface area contributed by atoms with E-state index in [0.717, 1.165) is 24.4 Å². The van der Waals surface area contributed by atoms with Crippen molar-refractivity contribution in [2.75, 3.05) is 5.73 Å². The number of hydrogen-bond donors (Lipinski definition) is 3. The lowest BCUT2D eigenvalue weighted by Gasteiger charge is -2.32. The third-order valence-electron chi connectivity index (χ3n) is 4.33. The molecule has 3 amide bonds. The van der Waals surface area contributed by atoms with E-state index in [9.17, 15) is 14.4 Å². The average molecular weight is 436 g/mol. The molecule has 0 spiro atoms. The molecule has 0 aliphatic rings. The molecule has 0 fully saturated rings. The summed E-state index contributed by atoms with van der Waals surface area (Å²) in [6.07, 6.45) is 3.57. The molecular weight excluding hydrogens is 406 g/mol. The zero-order valence-electron chi connectivity index (χ0n) is 17.7. The molecule has 30 heavy (non-hydrogen) atoms. The number of aromatic nitrogens is 1. The Balaban J connectivity index is 2.46. The van der Waals surface area contributed by atoms with Gasteiger partial charge in [-0.2, -0.15) is 4.37 Å². The quantitative estimate of drug-likeness (QED) is 0.552. The predicted molar refractivity (Wildman–Crippen MR) is 115 cm³/mol. The molecule has 9 nitrogen and oxygen atoms in total. The maximum absolute atomic E-state index is 13.4. The van der Waals surface area contributed by atoms with Gasteiger partial charge in [-0.15, -0.1) is 0 Å². The van der Waals surface area contributed by atoms with E-state index in [2.05, 4.69) is 9.69 Å². The van der Waals surface area contributed by atoms with Crippen molar-refractivity contribution in [1.29, 1.82) is 0 Å². The number of primary amides is 1. The summed E-state index contributed by atoms with van der Waals surface area (Å²) in [5.74, 6) is -1.06. The number of rotatable bonds is 9. The fraction of sp³-hybridized carbons (Fsp3) is 0.500. The summed E-state index contributed by atoms with van der Waals surface area (Å²) in [6, 6.07) is 2.69. The van der Waals surface area contributed by atoms with Gasteiger partial charge in [0.1, 0.15) is 16.7 Å². The number of furan rings is 1. The van der Waals surface area contributed by atoms with Crippen molar-refractivity contribution < 1.29 is 18.8 Å². The first-order valence-corrected chi connectivity index (χ1v) is 10.5. The lowest BCUT2D eigenvalue weighted by Crippen LogP contribution is -2.53. The van der Waals surface area contributed by atoms with Crippen LogP contribution in [0.15, 0.2) is 22.8 Å². The molecular formula is C20H29N5O4S. The van der Waals surface area contributed by atoms with E-state index in [-0.39, 0.29) is 28.7 Å². The van der Waals surface area contributed by atoms with E-state index in [1.165, 1.54) is 11.2 Å². The van der Waals surface area contributed by atoms with Crippen molar-refractivity contribution in [3.8, 4) is 0 Å². The summed E-state index contributed by atoms with van der Waals surface area (Å²) in [6.45, 7) is 7.71. The first-order chi connectivity index (χ1) is 14.0. The summed E-state index contributed by atoms with van der Waals surface area (Å²) in [4.78, 5) is 39.6. The van der Waals surface area contributed by atoms with Crippen LogP contribution in [-0.4, -0.2) is 38.6 Å². The number of unbranched alkanes of at least 4 members (excludes halogenated alkanes) is 1. The van der Waals surface area contributed by atoms with Crippen molar-refractivity contribution in [2.45, 2.75) is 65.1 Å². The van der Waals surface area contributed by atoms with Crippen molar-refractivity contribution in [3.05, 3.63) is 34.7 Å². The first-order valence-electron chi connectivity index (χ1n) is 9.75. The van der Waals surface area contributed by atoms with Crippen LogP contribution in [0.3, 0.4) is 0 Å². The van der Waals surface area contributed by atoms with Crippen LogP contribution in [0.25, 0.3) is 0 Å². The van der Waals surface area contributed by atoms with E-state index in [0.29, 0.717) is 12.2 Å². The van der Waals surface area contributed by atoms with E-state index in [1.54, 1.807) is 12.1 Å². The van der Waals surface area contributed by atoms with Gasteiger partial charge < -0.3 is 26.1 Å². The van der Waals surface area contributed by atoms with Crippen molar-refractivity contribution in [2.24, 2.45) is 5.73 Å². The molecule has 0 radical (unpaired) electrons. The second-order valence-corrected chi connectivity index (χ2v) is 8.82.